The molecule has 0 aliphatic carbocycles. The number of benzene rings is 1. The lowest BCUT2D eigenvalue weighted by Gasteiger charge is -2.23. The molecule has 0 bridgehead atoms. The number of carboxylic acids is 1. The van der Waals surface area contributed by atoms with Crippen molar-refractivity contribution in [3.8, 4) is 0 Å². The van der Waals surface area contributed by atoms with Crippen LogP contribution in [-0.4, -0.2) is 34.5 Å². The minimum Gasteiger partial charge on any atom is -0.481 e. The van der Waals surface area contributed by atoms with Crippen molar-refractivity contribution >= 4 is 27.8 Å². The van der Waals surface area contributed by atoms with E-state index >= 15 is 0 Å². The van der Waals surface area contributed by atoms with Crippen LogP contribution in [0.15, 0.2) is 22.7 Å². The number of nitrogens with zero attached hydrogens (tertiary/aromatic N) is 1. The van der Waals surface area contributed by atoms with Crippen molar-refractivity contribution in [2.45, 2.75) is 31.7 Å². The van der Waals surface area contributed by atoms with E-state index < -0.39 is 11.8 Å². The molecule has 1 aromatic carbocycles. The highest BCUT2D eigenvalue weighted by Crippen LogP contribution is 2.22. The molecule has 20 heavy (non-hydrogen) atoms. The summed E-state index contributed by atoms with van der Waals surface area (Å²) in [7, 11) is 0. The Morgan fingerprint density at radius 2 is 2.20 bits per heavy atom. The van der Waals surface area contributed by atoms with Gasteiger partial charge in [-0.15, -0.1) is 0 Å². The van der Waals surface area contributed by atoms with Gasteiger partial charge in [-0.3, -0.25) is 9.59 Å². The van der Waals surface area contributed by atoms with Crippen molar-refractivity contribution < 1.29 is 19.1 Å². The SMILES string of the molecule is O=C(O)CC1CCCN1C(=O)Cc1ccc(Br)c(F)c1. The van der Waals surface area contributed by atoms with E-state index in [0.717, 1.165) is 6.42 Å². The predicted octanol–water partition coefficient (Wildman–Crippen LogP) is 2.60. The summed E-state index contributed by atoms with van der Waals surface area (Å²) in [5.74, 6) is -1.45. The van der Waals surface area contributed by atoms with Crippen molar-refractivity contribution in [1.82, 2.24) is 4.90 Å². The fraction of sp³-hybridized carbons (Fsp3) is 0.429. The minimum atomic E-state index is -0.899. The molecule has 1 aliphatic heterocycles. The summed E-state index contributed by atoms with van der Waals surface area (Å²) in [6.45, 7) is 0.579. The standard InChI is InChI=1S/C14H15BrFNO3/c15-11-4-3-9(6-12(11)16)7-13(18)17-5-1-2-10(17)8-14(19)20/h3-4,6,10H,1-2,5,7-8H2,(H,19,20). The van der Waals surface area contributed by atoms with Crippen LogP contribution in [0.3, 0.4) is 0 Å². The van der Waals surface area contributed by atoms with Gasteiger partial charge in [-0.05, 0) is 46.5 Å². The zero-order valence-electron chi connectivity index (χ0n) is 10.8. The van der Waals surface area contributed by atoms with E-state index in [2.05, 4.69) is 15.9 Å². The van der Waals surface area contributed by atoms with Gasteiger partial charge < -0.3 is 10.0 Å². The van der Waals surface area contributed by atoms with E-state index in [4.69, 9.17) is 5.11 Å². The summed E-state index contributed by atoms with van der Waals surface area (Å²) < 4.78 is 13.8. The van der Waals surface area contributed by atoms with Gasteiger partial charge in [0.25, 0.3) is 0 Å². The number of carbonyl (C=O) groups excluding carboxylic acids is 1. The Bertz CT molecular complexity index is 535. The average molecular weight is 344 g/mol. The Morgan fingerprint density at radius 3 is 2.85 bits per heavy atom. The van der Waals surface area contributed by atoms with Gasteiger partial charge in [0, 0.05) is 12.6 Å². The number of carbonyl (C=O) groups is 2. The largest absolute Gasteiger partial charge is 0.481 e. The van der Waals surface area contributed by atoms with Gasteiger partial charge in [0.05, 0.1) is 17.3 Å². The van der Waals surface area contributed by atoms with Gasteiger partial charge >= 0.3 is 5.97 Å². The molecular weight excluding hydrogens is 329 g/mol. The molecule has 1 aromatic rings. The minimum absolute atomic E-state index is 0.0273. The normalized spacial score (nSPS) is 18.3. The number of hydrogen-bond acceptors (Lipinski definition) is 2. The molecule has 0 spiro atoms. The van der Waals surface area contributed by atoms with Crippen LogP contribution >= 0.6 is 15.9 Å². The molecule has 0 aromatic heterocycles. The molecule has 1 aliphatic rings. The number of rotatable bonds is 4. The molecule has 6 heteroatoms. The molecule has 1 unspecified atom stereocenters. The number of halogens is 2. The molecule has 1 atom stereocenters. The highest BCUT2D eigenvalue weighted by atomic mass is 79.9. The smallest absolute Gasteiger partial charge is 0.305 e. The Kier molecular flexibility index (Phi) is 4.75. The third kappa shape index (κ3) is 3.56. The molecular formula is C14H15BrFNO3. The first-order valence-electron chi connectivity index (χ1n) is 6.42. The first kappa shape index (κ1) is 15.0. The lowest BCUT2D eigenvalue weighted by atomic mass is 10.1. The van der Waals surface area contributed by atoms with Gasteiger partial charge in [-0.2, -0.15) is 0 Å². The Hall–Kier alpha value is -1.43. The number of hydrogen-bond donors (Lipinski definition) is 1. The van der Waals surface area contributed by atoms with Crippen molar-refractivity contribution in [2.75, 3.05) is 6.54 Å². The summed E-state index contributed by atoms with van der Waals surface area (Å²) >= 11 is 3.06. The van der Waals surface area contributed by atoms with Gasteiger partial charge in [0.1, 0.15) is 5.82 Å². The van der Waals surface area contributed by atoms with Crippen LogP contribution in [0, 0.1) is 5.82 Å². The second kappa shape index (κ2) is 6.35. The molecule has 108 valence electrons. The zero-order chi connectivity index (χ0) is 14.7. The maximum Gasteiger partial charge on any atom is 0.305 e. The molecule has 4 nitrogen and oxygen atoms in total. The van der Waals surface area contributed by atoms with Gasteiger partial charge in [0.2, 0.25) is 5.91 Å². The highest BCUT2D eigenvalue weighted by molar-refractivity contribution is 9.10. The monoisotopic (exact) mass is 343 g/mol. The van der Waals surface area contributed by atoms with E-state index in [-0.39, 0.29) is 24.8 Å². The fourth-order valence-electron chi connectivity index (χ4n) is 2.50. The first-order chi connectivity index (χ1) is 9.47. The van der Waals surface area contributed by atoms with E-state index in [1.807, 2.05) is 0 Å². The van der Waals surface area contributed by atoms with Crippen LogP contribution < -0.4 is 0 Å². The lowest BCUT2D eigenvalue weighted by Crippen LogP contribution is -2.37. The maximum atomic E-state index is 13.4. The summed E-state index contributed by atoms with van der Waals surface area (Å²) in [6.07, 6.45) is 1.60. The van der Waals surface area contributed by atoms with Gasteiger partial charge in [-0.1, -0.05) is 6.07 Å². The Labute approximate surface area is 124 Å². The van der Waals surface area contributed by atoms with E-state index in [1.54, 1.807) is 17.0 Å². The number of carboxylic acid groups (broad SMARTS) is 1. The highest BCUT2D eigenvalue weighted by Gasteiger charge is 2.30. The van der Waals surface area contributed by atoms with Crippen LogP contribution in [0.25, 0.3) is 0 Å². The Morgan fingerprint density at radius 1 is 1.45 bits per heavy atom. The number of aliphatic carboxylic acids is 1. The molecule has 0 saturated carbocycles. The molecule has 0 radical (unpaired) electrons. The van der Waals surface area contributed by atoms with Crippen molar-refractivity contribution in [2.24, 2.45) is 0 Å². The second-order valence-corrected chi connectivity index (χ2v) is 5.76. The summed E-state index contributed by atoms with van der Waals surface area (Å²) in [4.78, 5) is 24.6. The third-order valence-electron chi connectivity index (χ3n) is 3.45. The third-order valence-corrected chi connectivity index (χ3v) is 4.09. The molecule has 1 fully saturated rings. The van der Waals surface area contributed by atoms with Crippen LogP contribution in [0.2, 0.25) is 0 Å². The van der Waals surface area contributed by atoms with Gasteiger partial charge in [-0.25, -0.2) is 4.39 Å². The van der Waals surface area contributed by atoms with Crippen LogP contribution in [0.1, 0.15) is 24.8 Å². The summed E-state index contributed by atoms with van der Waals surface area (Å²) in [5, 5.41) is 8.84. The van der Waals surface area contributed by atoms with Crippen LogP contribution in [0.4, 0.5) is 4.39 Å². The summed E-state index contributed by atoms with van der Waals surface area (Å²) in [5.41, 5.74) is 0.594. The van der Waals surface area contributed by atoms with E-state index in [0.29, 0.717) is 23.0 Å². The lowest BCUT2D eigenvalue weighted by molar-refractivity contribution is -0.139. The molecule has 1 saturated heterocycles. The van der Waals surface area contributed by atoms with Crippen molar-refractivity contribution in [3.05, 3.63) is 34.1 Å². The number of likely N-dealkylation sites (tertiary alicyclic amines) is 1. The van der Waals surface area contributed by atoms with Gasteiger partial charge in [0.15, 0.2) is 0 Å². The molecule has 2 rings (SSSR count). The second-order valence-electron chi connectivity index (χ2n) is 4.91. The van der Waals surface area contributed by atoms with Crippen molar-refractivity contribution in [3.63, 3.8) is 0 Å². The summed E-state index contributed by atoms with van der Waals surface area (Å²) in [6, 6.07) is 4.34. The first-order valence-corrected chi connectivity index (χ1v) is 7.22. The zero-order valence-corrected chi connectivity index (χ0v) is 12.4. The average Bonchev–Trinajstić information content (AvgIpc) is 2.81. The van der Waals surface area contributed by atoms with Crippen LogP contribution in [0.5, 0.6) is 0 Å². The van der Waals surface area contributed by atoms with E-state index in [1.165, 1.54) is 6.07 Å². The van der Waals surface area contributed by atoms with E-state index in [9.17, 15) is 14.0 Å². The number of amides is 1. The van der Waals surface area contributed by atoms with Crippen molar-refractivity contribution in [1.29, 1.82) is 0 Å². The van der Waals surface area contributed by atoms with Crippen LogP contribution in [-0.2, 0) is 16.0 Å². The molecule has 1 amide bonds. The molecule has 1 heterocycles. The maximum absolute atomic E-state index is 13.4. The fourth-order valence-corrected chi connectivity index (χ4v) is 2.75. The Balaban J connectivity index is 2.03. The topological polar surface area (TPSA) is 57.6 Å². The predicted molar refractivity (Wildman–Crippen MR) is 74.8 cm³/mol. The quantitative estimate of drug-likeness (QED) is 0.914. The molecule has 1 N–H and O–H groups in total.